The standard InChI is InChI=1S/C12H16N4O/c1-9-2-4-11(17-9)6-13-10-3-5-12-14-8-15-16(12)7-10/h2,4,8,10,13H,3,5-7H2,1H3. The van der Waals surface area contributed by atoms with Crippen molar-refractivity contribution in [1.82, 2.24) is 20.1 Å². The molecule has 2 aromatic heterocycles. The molecule has 5 nitrogen and oxygen atoms in total. The van der Waals surface area contributed by atoms with Gasteiger partial charge < -0.3 is 9.73 Å². The van der Waals surface area contributed by atoms with Crippen molar-refractivity contribution in [3.05, 3.63) is 35.8 Å². The lowest BCUT2D eigenvalue weighted by Crippen LogP contribution is -2.37. The van der Waals surface area contributed by atoms with Crippen LogP contribution in [-0.2, 0) is 19.5 Å². The van der Waals surface area contributed by atoms with Gasteiger partial charge in [-0.2, -0.15) is 5.10 Å². The van der Waals surface area contributed by atoms with Crippen LogP contribution in [0.1, 0.15) is 23.8 Å². The van der Waals surface area contributed by atoms with Gasteiger partial charge in [0, 0.05) is 12.5 Å². The second kappa shape index (κ2) is 4.33. The van der Waals surface area contributed by atoms with E-state index in [1.807, 2.05) is 23.7 Å². The van der Waals surface area contributed by atoms with E-state index in [0.717, 1.165) is 43.3 Å². The monoisotopic (exact) mass is 232 g/mol. The molecular weight excluding hydrogens is 216 g/mol. The summed E-state index contributed by atoms with van der Waals surface area (Å²) < 4.78 is 7.51. The molecule has 90 valence electrons. The van der Waals surface area contributed by atoms with Crippen LogP contribution in [0.25, 0.3) is 0 Å². The van der Waals surface area contributed by atoms with Gasteiger partial charge in [-0.3, -0.25) is 0 Å². The molecule has 2 aromatic rings. The topological polar surface area (TPSA) is 55.9 Å². The van der Waals surface area contributed by atoms with E-state index in [9.17, 15) is 0 Å². The summed E-state index contributed by atoms with van der Waals surface area (Å²) >= 11 is 0. The van der Waals surface area contributed by atoms with Gasteiger partial charge in [-0.05, 0) is 25.5 Å². The molecule has 0 bridgehead atoms. The second-order valence-corrected chi connectivity index (χ2v) is 4.49. The van der Waals surface area contributed by atoms with Crippen molar-refractivity contribution >= 4 is 0 Å². The van der Waals surface area contributed by atoms with Gasteiger partial charge in [0.1, 0.15) is 23.7 Å². The third kappa shape index (κ3) is 2.24. The number of nitrogens with one attached hydrogen (secondary N) is 1. The van der Waals surface area contributed by atoms with Crippen molar-refractivity contribution in [2.24, 2.45) is 0 Å². The molecular formula is C12H16N4O. The Labute approximate surface area is 99.8 Å². The maximum atomic E-state index is 5.53. The lowest BCUT2D eigenvalue weighted by atomic mass is 10.1. The molecule has 0 fully saturated rings. The van der Waals surface area contributed by atoms with Crippen LogP contribution in [0.4, 0.5) is 0 Å². The van der Waals surface area contributed by atoms with Gasteiger partial charge in [0.05, 0.1) is 13.1 Å². The van der Waals surface area contributed by atoms with Crippen LogP contribution in [0.2, 0.25) is 0 Å². The molecule has 1 aliphatic heterocycles. The smallest absolute Gasteiger partial charge is 0.138 e. The predicted molar refractivity (Wildman–Crippen MR) is 62.4 cm³/mol. The number of furan rings is 1. The molecule has 3 heterocycles. The third-order valence-electron chi connectivity index (χ3n) is 3.17. The third-order valence-corrected chi connectivity index (χ3v) is 3.17. The van der Waals surface area contributed by atoms with Crippen molar-refractivity contribution in [2.45, 2.75) is 38.9 Å². The lowest BCUT2D eigenvalue weighted by Gasteiger charge is -2.23. The first-order valence-electron chi connectivity index (χ1n) is 5.96. The number of rotatable bonds is 3. The Morgan fingerprint density at radius 2 is 2.47 bits per heavy atom. The first-order valence-corrected chi connectivity index (χ1v) is 5.96. The first-order chi connectivity index (χ1) is 8.31. The summed E-state index contributed by atoms with van der Waals surface area (Å²) in [6, 6.07) is 4.47. The fourth-order valence-corrected chi connectivity index (χ4v) is 2.23. The zero-order chi connectivity index (χ0) is 11.7. The van der Waals surface area contributed by atoms with Crippen LogP contribution in [0.3, 0.4) is 0 Å². The molecule has 17 heavy (non-hydrogen) atoms. The molecule has 0 radical (unpaired) electrons. The van der Waals surface area contributed by atoms with E-state index in [2.05, 4.69) is 15.4 Å². The largest absolute Gasteiger partial charge is 0.465 e. The minimum atomic E-state index is 0.453. The highest BCUT2D eigenvalue weighted by Crippen LogP contribution is 2.12. The number of fused-ring (bicyclic) bond motifs is 1. The maximum Gasteiger partial charge on any atom is 0.138 e. The van der Waals surface area contributed by atoms with Gasteiger partial charge in [-0.1, -0.05) is 0 Å². The minimum absolute atomic E-state index is 0.453. The highest BCUT2D eigenvalue weighted by molar-refractivity contribution is 5.05. The summed E-state index contributed by atoms with van der Waals surface area (Å²) in [5.41, 5.74) is 0. The first kappa shape index (κ1) is 10.5. The summed E-state index contributed by atoms with van der Waals surface area (Å²) in [6.45, 7) is 3.64. The molecule has 0 saturated heterocycles. The summed E-state index contributed by atoms with van der Waals surface area (Å²) in [6.07, 6.45) is 3.74. The van der Waals surface area contributed by atoms with Crippen molar-refractivity contribution in [1.29, 1.82) is 0 Å². The fourth-order valence-electron chi connectivity index (χ4n) is 2.23. The van der Waals surface area contributed by atoms with Gasteiger partial charge in [0.2, 0.25) is 0 Å². The molecule has 0 amide bonds. The van der Waals surface area contributed by atoms with Crippen molar-refractivity contribution < 1.29 is 4.42 Å². The highest BCUT2D eigenvalue weighted by Gasteiger charge is 2.19. The number of hydrogen-bond acceptors (Lipinski definition) is 4. The number of aromatic nitrogens is 3. The maximum absolute atomic E-state index is 5.53. The Kier molecular flexibility index (Phi) is 2.68. The summed E-state index contributed by atoms with van der Waals surface area (Å²) in [7, 11) is 0. The molecule has 3 rings (SSSR count). The van der Waals surface area contributed by atoms with Crippen LogP contribution in [0, 0.1) is 6.92 Å². The van der Waals surface area contributed by atoms with Crippen LogP contribution in [0.5, 0.6) is 0 Å². The van der Waals surface area contributed by atoms with Crippen LogP contribution >= 0.6 is 0 Å². The molecule has 5 heteroatoms. The van der Waals surface area contributed by atoms with E-state index in [4.69, 9.17) is 4.42 Å². The van der Waals surface area contributed by atoms with E-state index in [0.29, 0.717) is 6.04 Å². The van der Waals surface area contributed by atoms with E-state index in [1.165, 1.54) is 0 Å². The molecule has 0 aromatic carbocycles. The molecule has 1 atom stereocenters. The number of hydrogen-bond donors (Lipinski definition) is 1. The highest BCUT2D eigenvalue weighted by atomic mass is 16.3. The Bertz CT molecular complexity index is 502. The molecule has 1 N–H and O–H groups in total. The molecule has 0 aliphatic carbocycles. The second-order valence-electron chi connectivity index (χ2n) is 4.49. The van der Waals surface area contributed by atoms with Crippen molar-refractivity contribution in [3.8, 4) is 0 Å². The van der Waals surface area contributed by atoms with Gasteiger partial charge in [-0.15, -0.1) is 0 Å². The summed E-state index contributed by atoms with van der Waals surface area (Å²) in [5.74, 6) is 3.05. The Balaban J connectivity index is 1.57. The van der Waals surface area contributed by atoms with E-state index >= 15 is 0 Å². The van der Waals surface area contributed by atoms with Gasteiger partial charge in [-0.25, -0.2) is 9.67 Å². The Morgan fingerprint density at radius 3 is 3.29 bits per heavy atom. The van der Waals surface area contributed by atoms with Crippen LogP contribution in [0.15, 0.2) is 22.9 Å². The molecule has 1 unspecified atom stereocenters. The zero-order valence-corrected chi connectivity index (χ0v) is 9.89. The normalized spacial score (nSPS) is 19.2. The number of aryl methyl sites for hydroxylation is 2. The summed E-state index contributed by atoms with van der Waals surface area (Å²) in [4.78, 5) is 4.22. The van der Waals surface area contributed by atoms with Crippen molar-refractivity contribution in [2.75, 3.05) is 0 Å². The van der Waals surface area contributed by atoms with Crippen molar-refractivity contribution in [3.63, 3.8) is 0 Å². The van der Waals surface area contributed by atoms with Gasteiger partial charge in [0.15, 0.2) is 0 Å². The quantitative estimate of drug-likeness (QED) is 0.866. The minimum Gasteiger partial charge on any atom is -0.465 e. The molecule has 0 spiro atoms. The summed E-state index contributed by atoms with van der Waals surface area (Å²) in [5, 5.41) is 7.71. The number of nitrogens with zero attached hydrogens (tertiary/aromatic N) is 3. The van der Waals surface area contributed by atoms with Crippen LogP contribution in [-0.4, -0.2) is 20.8 Å². The fraction of sp³-hybridized carbons (Fsp3) is 0.500. The predicted octanol–water partition coefficient (Wildman–Crippen LogP) is 1.28. The molecule has 1 aliphatic rings. The average molecular weight is 232 g/mol. The SMILES string of the molecule is Cc1ccc(CNC2CCc3ncnn3C2)o1. The van der Waals surface area contributed by atoms with E-state index in [1.54, 1.807) is 6.33 Å². The van der Waals surface area contributed by atoms with E-state index < -0.39 is 0 Å². The van der Waals surface area contributed by atoms with Gasteiger partial charge >= 0.3 is 0 Å². The van der Waals surface area contributed by atoms with E-state index in [-0.39, 0.29) is 0 Å². The van der Waals surface area contributed by atoms with Gasteiger partial charge in [0.25, 0.3) is 0 Å². The zero-order valence-electron chi connectivity index (χ0n) is 9.89. The average Bonchev–Trinajstić information content (AvgIpc) is 2.94. The lowest BCUT2D eigenvalue weighted by molar-refractivity contribution is 0.343. The molecule has 0 saturated carbocycles. The van der Waals surface area contributed by atoms with Crippen LogP contribution < -0.4 is 5.32 Å². The Morgan fingerprint density at radius 1 is 1.53 bits per heavy atom. The Hall–Kier alpha value is -1.62.